The highest BCUT2D eigenvalue weighted by molar-refractivity contribution is 5.09. The number of nitrogens with zero attached hydrogens (tertiary/aromatic N) is 2. The zero-order valence-corrected chi connectivity index (χ0v) is 7.70. The van der Waals surface area contributed by atoms with Crippen LogP contribution in [0.25, 0.3) is 0 Å². The number of aryl methyl sites for hydroxylation is 1. The number of hydrogen-bond donors (Lipinski definition) is 1. The van der Waals surface area contributed by atoms with E-state index >= 15 is 0 Å². The molecule has 1 fully saturated rings. The van der Waals surface area contributed by atoms with Gasteiger partial charge in [0.1, 0.15) is 6.10 Å². The van der Waals surface area contributed by atoms with E-state index in [1.165, 1.54) is 6.20 Å². The van der Waals surface area contributed by atoms with Crippen LogP contribution in [0, 0.1) is 0 Å². The molecule has 1 aliphatic rings. The Morgan fingerprint density at radius 2 is 2.50 bits per heavy atom. The highest BCUT2D eigenvalue weighted by Gasteiger charge is 2.38. The third kappa shape index (κ3) is 1.91. The van der Waals surface area contributed by atoms with Crippen LogP contribution in [0.1, 0.15) is 11.7 Å². The largest absolute Gasteiger partial charge is 0.368 e. The Bertz CT molecular complexity index is 326. The second-order valence-electron chi connectivity index (χ2n) is 3.32. The van der Waals surface area contributed by atoms with Crippen molar-refractivity contribution in [2.24, 2.45) is 7.05 Å². The Labute approximate surface area is 79.9 Å². The molecule has 0 bridgehead atoms. The first-order valence-electron chi connectivity index (χ1n) is 4.32. The predicted octanol–water partition coefficient (Wildman–Crippen LogP) is 0.674. The summed E-state index contributed by atoms with van der Waals surface area (Å²) in [6, 6.07) is 0. The maximum Gasteiger partial charge on any atom is 0.368 e. The van der Waals surface area contributed by atoms with E-state index in [4.69, 9.17) is 0 Å². The summed E-state index contributed by atoms with van der Waals surface area (Å²) in [4.78, 5) is 0. The maximum absolute atomic E-state index is 12.8. The predicted molar refractivity (Wildman–Crippen MR) is 44.9 cm³/mol. The normalized spacial score (nSPS) is 26.4. The quantitative estimate of drug-likeness (QED) is 0.729. The molecule has 2 heterocycles. The smallest absolute Gasteiger partial charge is 0.310 e. The molecule has 1 aromatic heterocycles. The zero-order chi connectivity index (χ0) is 10.2. The zero-order valence-electron chi connectivity index (χ0n) is 7.70. The van der Waals surface area contributed by atoms with Crippen LogP contribution in [0.15, 0.2) is 12.4 Å². The summed E-state index contributed by atoms with van der Waals surface area (Å²) in [5, 5.41) is 6.52. The minimum atomic E-state index is -3.08. The molecule has 0 aliphatic carbocycles. The van der Waals surface area contributed by atoms with Crippen LogP contribution in [0.2, 0.25) is 0 Å². The highest BCUT2D eigenvalue weighted by atomic mass is 19.3. The van der Waals surface area contributed by atoms with Crippen molar-refractivity contribution in [2.75, 3.05) is 13.1 Å². The van der Waals surface area contributed by atoms with Crippen LogP contribution in [0.4, 0.5) is 8.78 Å². The lowest BCUT2D eigenvalue weighted by molar-refractivity contribution is -0.275. The summed E-state index contributed by atoms with van der Waals surface area (Å²) in [6.07, 6.45) is -0.493. The van der Waals surface area contributed by atoms with E-state index in [1.54, 1.807) is 17.9 Å². The molecular weight excluding hydrogens is 192 g/mol. The fraction of sp³-hybridized carbons (Fsp3) is 0.625. The molecule has 1 aliphatic heterocycles. The van der Waals surface area contributed by atoms with Gasteiger partial charge in [0.25, 0.3) is 0 Å². The fourth-order valence-electron chi connectivity index (χ4n) is 1.43. The maximum atomic E-state index is 12.8. The topological polar surface area (TPSA) is 39.1 Å². The van der Waals surface area contributed by atoms with Gasteiger partial charge in [0.05, 0.1) is 12.7 Å². The van der Waals surface area contributed by atoms with Gasteiger partial charge in [0.15, 0.2) is 0 Å². The van der Waals surface area contributed by atoms with Gasteiger partial charge in [-0.1, -0.05) is 0 Å². The number of hydrogen-bond acceptors (Lipinski definition) is 3. The Morgan fingerprint density at radius 1 is 1.71 bits per heavy atom. The van der Waals surface area contributed by atoms with Crippen molar-refractivity contribution in [3.63, 3.8) is 0 Å². The monoisotopic (exact) mass is 203 g/mol. The van der Waals surface area contributed by atoms with E-state index in [1.807, 2.05) is 0 Å². The average molecular weight is 203 g/mol. The first kappa shape index (κ1) is 9.54. The molecule has 1 saturated heterocycles. The molecule has 4 nitrogen and oxygen atoms in total. The van der Waals surface area contributed by atoms with Crippen LogP contribution < -0.4 is 5.32 Å². The molecule has 0 amide bonds. The third-order valence-corrected chi connectivity index (χ3v) is 2.07. The molecule has 14 heavy (non-hydrogen) atoms. The van der Waals surface area contributed by atoms with Crippen molar-refractivity contribution in [3.05, 3.63) is 18.0 Å². The number of morpholine rings is 1. The summed E-state index contributed by atoms with van der Waals surface area (Å²) >= 11 is 0. The lowest BCUT2D eigenvalue weighted by Gasteiger charge is -2.29. The Balaban J connectivity index is 2.12. The van der Waals surface area contributed by atoms with Gasteiger partial charge in [-0.2, -0.15) is 13.9 Å². The van der Waals surface area contributed by atoms with E-state index in [-0.39, 0.29) is 0 Å². The van der Waals surface area contributed by atoms with Crippen LogP contribution in [-0.2, 0) is 11.8 Å². The van der Waals surface area contributed by atoms with Gasteiger partial charge in [0, 0.05) is 25.4 Å². The summed E-state index contributed by atoms with van der Waals surface area (Å²) in [7, 11) is 1.73. The van der Waals surface area contributed by atoms with E-state index in [2.05, 4.69) is 15.2 Å². The first-order valence-corrected chi connectivity index (χ1v) is 4.32. The molecule has 0 spiro atoms. The molecule has 0 radical (unpaired) electrons. The summed E-state index contributed by atoms with van der Waals surface area (Å²) < 4.78 is 31.9. The number of aromatic nitrogens is 2. The van der Waals surface area contributed by atoms with Gasteiger partial charge in [-0.3, -0.25) is 4.68 Å². The summed E-state index contributed by atoms with van der Waals surface area (Å²) in [5.41, 5.74) is 0.666. The van der Waals surface area contributed by atoms with E-state index in [0.29, 0.717) is 12.1 Å². The van der Waals surface area contributed by atoms with Gasteiger partial charge in [-0.15, -0.1) is 0 Å². The minimum Gasteiger partial charge on any atom is -0.310 e. The van der Waals surface area contributed by atoms with Crippen molar-refractivity contribution in [1.29, 1.82) is 0 Å². The van der Waals surface area contributed by atoms with Crippen molar-refractivity contribution < 1.29 is 13.5 Å². The average Bonchev–Trinajstić information content (AvgIpc) is 2.50. The van der Waals surface area contributed by atoms with Crippen LogP contribution in [0.5, 0.6) is 0 Å². The van der Waals surface area contributed by atoms with Crippen LogP contribution in [0.3, 0.4) is 0 Å². The lowest BCUT2D eigenvalue weighted by Crippen LogP contribution is -2.45. The number of rotatable bonds is 1. The van der Waals surface area contributed by atoms with Gasteiger partial charge in [-0.05, 0) is 0 Å². The standard InChI is InChI=1S/C8H11F2N3O/c1-13-4-6(2-12-13)7-3-11-5-8(9,10)14-7/h2,4,7,11H,3,5H2,1H3. The van der Waals surface area contributed by atoms with Crippen molar-refractivity contribution in [2.45, 2.75) is 12.2 Å². The first-order chi connectivity index (χ1) is 6.57. The fourth-order valence-corrected chi connectivity index (χ4v) is 1.43. The second kappa shape index (κ2) is 3.29. The summed E-state index contributed by atoms with van der Waals surface area (Å²) in [5.74, 6) is 0. The van der Waals surface area contributed by atoms with Gasteiger partial charge in [-0.25, -0.2) is 0 Å². The lowest BCUT2D eigenvalue weighted by atomic mass is 10.2. The molecule has 1 N–H and O–H groups in total. The number of halogens is 2. The number of alkyl halides is 2. The minimum absolute atomic E-state index is 0.390. The molecule has 6 heteroatoms. The van der Waals surface area contributed by atoms with Crippen molar-refractivity contribution in [1.82, 2.24) is 15.1 Å². The third-order valence-electron chi connectivity index (χ3n) is 2.07. The number of nitrogens with one attached hydrogen (secondary N) is 1. The molecule has 1 atom stereocenters. The Kier molecular flexibility index (Phi) is 2.24. The highest BCUT2D eigenvalue weighted by Crippen LogP contribution is 2.28. The molecule has 0 aromatic carbocycles. The molecule has 0 saturated carbocycles. The van der Waals surface area contributed by atoms with Gasteiger partial charge < -0.3 is 10.1 Å². The molecule has 1 unspecified atom stereocenters. The van der Waals surface area contributed by atoms with E-state index < -0.39 is 18.8 Å². The van der Waals surface area contributed by atoms with Crippen LogP contribution in [-0.4, -0.2) is 29.0 Å². The van der Waals surface area contributed by atoms with Crippen molar-refractivity contribution >= 4 is 0 Å². The summed E-state index contributed by atoms with van der Waals surface area (Å²) in [6.45, 7) is -0.0367. The SMILES string of the molecule is Cn1cc(C2CNCC(F)(F)O2)cn1. The van der Waals surface area contributed by atoms with Gasteiger partial charge in [0.2, 0.25) is 0 Å². The Morgan fingerprint density at radius 3 is 3.07 bits per heavy atom. The van der Waals surface area contributed by atoms with Gasteiger partial charge >= 0.3 is 6.11 Å². The van der Waals surface area contributed by atoms with E-state index in [0.717, 1.165) is 0 Å². The second-order valence-corrected chi connectivity index (χ2v) is 3.32. The molecular formula is C8H11F2N3O. The number of ether oxygens (including phenoxy) is 1. The molecule has 2 rings (SSSR count). The van der Waals surface area contributed by atoms with E-state index in [9.17, 15) is 8.78 Å². The molecule has 78 valence electrons. The van der Waals surface area contributed by atoms with Crippen LogP contribution >= 0.6 is 0 Å². The molecule has 1 aromatic rings. The Hall–Kier alpha value is -1.01. The van der Waals surface area contributed by atoms with Crippen molar-refractivity contribution in [3.8, 4) is 0 Å².